The van der Waals surface area contributed by atoms with E-state index in [9.17, 15) is 14.0 Å². The Bertz CT molecular complexity index is 1800. The zero-order valence-corrected chi connectivity index (χ0v) is 26.2. The lowest BCUT2D eigenvalue weighted by molar-refractivity contribution is -0.140. The second-order valence-electron chi connectivity index (χ2n) is 10.7. The number of benzene rings is 4. The maximum Gasteiger partial charge on any atom is 0.251 e. The molecule has 5 rings (SSSR count). The number of rotatable bonds is 12. The normalized spacial score (nSPS) is 11.5. The average molecular weight is 627 g/mol. The monoisotopic (exact) mass is 626 g/mol. The Morgan fingerprint density at radius 3 is 2.15 bits per heavy atom. The fraction of sp³-hybridized carbons (Fsp3) is 0.235. The molecular weight excluding hydrogens is 591 g/mol. The third kappa shape index (κ3) is 6.85. The Hall–Kier alpha value is -5.65. The second kappa shape index (κ2) is 14.0. The molecule has 0 spiro atoms. The van der Waals surface area contributed by atoms with Gasteiger partial charge in [0.2, 0.25) is 11.7 Å². The van der Waals surface area contributed by atoms with E-state index in [1.807, 2.05) is 49.3 Å². The van der Waals surface area contributed by atoms with Crippen LogP contribution in [0.4, 0.5) is 15.8 Å². The van der Waals surface area contributed by atoms with Crippen molar-refractivity contribution in [3.05, 3.63) is 102 Å². The second-order valence-corrected chi connectivity index (χ2v) is 10.7. The van der Waals surface area contributed by atoms with Crippen molar-refractivity contribution in [2.24, 2.45) is 0 Å². The minimum Gasteiger partial charge on any atom is -0.493 e. The molecule has 0 aliphatic carbocycles. The zero-order chi connectivity index (χ0) is 32.8. The number of methoxy groups -OCH3 is 3. The molecular formula is C34H35FN6O5. The van der Waals surface area contributed by atoms with Gasteiger partial charge in [0, 0.05) is 32.0 Å². The predicted molar refractivity (Wildman–Crippen MR) is 173 cm³/mol. The first-order chi connectivity index (χ1) is 22.2. The van der Waals surface area contributed by atoms with Gasteiger partial charge in [-0.1, -0.05) is 29.5 Å². The van der Waals surface area contributed by atoms with Gasteiger partial charge in [-0.2, -0.15) is 0 Å². The number of aromatic nitrogens is 3. The minimum atomic E-state index is -1.20. The van der Waals surface area contributed by atoms with Crippen LogP contribution < -0.4 is 24.4 Å². The number of nitrogens with one attached hydrogen (secondary N) is 1. The topological polar surface area (TPSA) is 111 Å². The number of amides is 2. The highest BCUT2D eigenvalue weighted by Crippen LogP contribution is 2.41. The molecule has 46 heavy (non-hydrogen) atoms. The van der Waals surface area contributed by atoms with Gasteiger partial charge in [0.05, 0.1) is 26.8 Å². The standard InChI is InChI=1S/C34H35FN6O5/c1-39(2)26-16-14-25(15-17-26)36-34(43)32(23-18-29(44-3)33(46-5)30(19-23)45-4)40(20-22-10-12-24(35)13-11-22)31(42)21-41-28-9-7-6-8-27(28)37-38-41/h6-19,32H,20-21H2,1-5H3,(H,36,43). The predicted octanol–water partition coefficient (Wildman–Crippen LogP) is 5.07. The summed E-state index contributed by atoms with van der Waals surface area (Å²) in [5.41, 5.74) is 3.78. The van der Waals surface area contributed by atoms with Gasteiger partial charge in [-0.05, 0) is 71.8 Å². The van der Waals surface area contributed by atoms with E-state index in [0.717, 1.165) is 5.69 Å². The van der Waals surface area contributed by atoms with Crippen LogP contribution in [0.2, 0.25) is 0 Å². The van der Waals surface area contributed by atoms with Crippen LogP contribution in [-0.4, -0.2) is 67.1 Å². The lowest BCUT2D eigenvalue weighted by Crippen LogP contribution is -2.42. The van der Waals surface area contributed by atoms with E-state index in [0.29, 0.717) is 45.1 Å². The largest absolute Gasteiger partial charge is 0.493 e. The van der Waals surface area contributed by atoms with Crippen LogP contribution in [0.3, 0.4) is 0 Å². The molecule has 5 aromatic rings. The number of para-hydroxylation sites is 1. The number of carbonyl (C=O) groups is 2. The fourth-order valence-electron chi connectivity index (χ4n) is 5.15. The molecule has 4 aromatic carbocycles. The molecule has 238 valence electrons. The van der Waals surface area contributed by atoms with E-state index < -0.39 is 23.7 Å². The van der Waals surface area contributed by atoms with Crippen LogP contribution in [0.15, 0.2) is 84.9 Å². The molecule has 2 amide bonds. The molecule has 0 saturated heterocycles. The van der Waals surface area contributed by atoms with Crippen LogP contribution >= 0.6 is 0 Å². The number of halogens is 1. The van der Waals surface area contributed by atoms with E-state index in [1.54, 1.807) is 42.5 Å². The lowest BCUT2D eigenvalue weighted by Gasteiger charge is -2.32. The first-order valence-corrected chi connectivity index (χ1v) is 14.4. The van der Waals surface area contributed by atoms with Gasteiger partial charge in [-0.3, -0.25) is 9.59 Å². The Labute approximate surface area is 266 Å². The summed E-state index contributed by atoms with van der Waals surface area (Å²) in [5.74, 6) is -0.404. The van der Waals surface area contributed by atoms with Gasteiger partial charge >= 0.3 is 0 Å². The summed E-state index contributed by atoms with van der Waals surface area (Å²) < 4.78 is 32.1. The molecule has 1 N–H and O–H groups in total. The smallest absolute Gasteiger partial charge is 0.251 e. The van der Waals surface area contributed by atoms with E-state index in [-0.39, 0.29) is 13.1 Å². The third-order valence-electron chi connectivity index (χ3n) is 7.51. The molecule has 0 bridgehead atoms. The molecule has 0 aliphatic rings. The van der Waals surface area contributed by atoms with Crippen molar-refractivity contribution in [1.29, 1.82) is 0 Å². The van der Waals surface area contributed by atoms with Gasteiger partial charge in [0.25, 0.3) is 5.91 Å². The van der Waals surface area contributed by atoms with Crippen molar-refractivity contribution in [2.75, 3.05) is 45.6 Å². The highest BCUT2D eigenvalue weighted by molar-refractivity contribution is 5.98. The number of fused-ring (bicyclic) bond motifs is 1. The van der Waals surface area contributed by atoms with Gasteiger partial charge in [-0.25, -0.2) is 9.07 Å². The fourth-order valence-corrected chi connectivity index (χ4v) is 5.15. The van der Waals surface area contributed by atoms with Crippen molar-refractivity contribution < 1.29 is 28.2 Å². The van der Waals surface area contributed by atoms with E-state index >= 15 is 0 Å². The van der Waals surface area contributed by atoms with Crippen LogP contribution in [0, 0.1) is 5.82 Å². The van der Waals surface area contributed by atoms with Crippen LogP contribution in [-0.2, 0) is 22.7 Å². The third-order valence-corrected chi connectivity index (χ3v) is 7.51. The molecule has 0 fully saturated rings. The molecule has 11 nitrogen and oxygen atoms in total. The van der Waals surface area contributed by atoms with Crippen molar-refractivity contribution in [3.8, 4) is 17.2 Å². The molecule has 1 atom stereocenters. The first-order valence-electron chi connectivity index (χ1n) is 14.4. The zero-order valence-electron chi connectivity index (χ0n) is 26.2. The number of anilines is 2. The van der Waals surface area contributed by atoms with Gasteiger partial charge in [0.15, 0.2) is 11.5 Å². The summed E-state index contributed by atoms with van der Waals surface area (Å²) in [5, 5.41) is 11.3. The summed E-state index contributed by atoms with van der Waals surface area (Å²) in [6.45, 7) is -0.243. The minimum absolute atomic E-state index is 0.0277. The van der Waals surface area contributed by atoms with Crippen LogP contribution in [0.25, 0.3) is 11.0 Å². The van der Waals surface area contributed by atoms with E-state index in [4.69, 9.17) is 14.2 Å². The van der Waals surface area contributed by atoms with E-state index in [1.165, 1.54) is 43.0 Å². The van der Waals surface area contributed by atoms with Crippen molar-refractivity contribution in [1.82, 2.24) is 19.9 Å². The van der Waals surface area contributed by atoms with Gasteiger partial charge < -0.3 is 29.3 Å². The summed E-state index contributed by atoms with van der Waals surface area (Å²) in [7, 11) is 8.27. The number of ether oxygens (including phenoxy) is 3. The number of hydrogen-bond acceptors (Lipinski definition) is 8. The van der Waals surface area contributed by atoms with Crippen molar-refractivity contribution >= 4 is 34.2 Å². The Balaban J connectivity index is 1.62. The van der Waals surface area contributed by atoms with Gasteiger partial charge in [0.1, 0.15) is 23.9 Å². The summed E-state index contributed by atoms with van der Waals surface area (Å²) in [4.78, 5) is 32.1. The van der Waals surface area contributed by atoms with Crippen LogP contribution in [0.1, 0.15) is 17.2 Å². The molecule has 0 radical (unpaired) electrons. The molecule has 1 unspecified atom stereocenters. The highest BCUT2D eigenvalue weighted by Gasteiger charge is 2.34. The number of hydrogen-bond donors (Lipinski definition) is 1. The Morgan fingerprint density at radius 2 is 1.54 bits per heavy atom. The molecule has 0 saturated carbocycles. The van der Waals surface area contributed by atoms with E-state index in [2.05, 4.69) is 15.6 Å². The SMILES string of the molecule is COc1cc(C(C(=O)Nc2ccc(N(C)C)cc2)N(Cc2ccc(F)cc2)C(=O)Cn2nnc3ccccc32)cc(OC)c1OC. The number of nitrogens with zero attached hydrogens (tertiary/aromatic N) is 5. The number of carbonyl (C=O) groups excluding carboxylic acids is 2. The molecule has 1 aromatic heterocycles. The van der Waals surface area contributed by atoms with Crippen molar-refractivity contribution in [2.45, 2.75) is 19.1 Å². The Morgan fingerprint density at radius 1 is 0.891 bits per heavy atom. The lowest BCUT2D eigenvalue weighted by atomic mass is 10.0. The summed E-state index contributed by atoms with van der Waals surface area (Å²) in [6.07, 6.45) is 0. The average Bonchev–Trinajstić information content (AvgIpc) is 3.47. The molecule has 1 heterocycles. The maximum atomic E-state index is 14.4. The molecule has 12 heteroatoms. The highest BCUT2D eigenvalue weighted by atomic mass is 19.1. The maximum absolute atomic E-state index is 14.4. The van der Waals surface area contributed by atoms with Gasteiger partial charge in [-0.15, -0.1) is 5.10 Å². The van der Waals surface area contributed by atoms with Crippen LogP contribution in [0.5, 0.6) is 17.2 Å². The molecule has 0 aliphatic heterocycles. The summed E-state index contributed by atoms with van der Waals surface area (Å²) in [6, 6.07) is 22.4. The van der Waals surface area contributed by atoms with Crippen molar-refractivity contribution in [3.63, 3.8) is 0 Å². The quantitative estimate of drug-likeness (QED) is 0.204. The Kier molecular flexibility index (Phi) is 9.65. The first kappa shape index (κ1) is 31.8. The summed E-state index contributed by atoms with van der Waals surface area (Å²) >= 11 is 0.